The van der Waals surface area contributed by atoms with E-state index in [2.05, 4.69) is 6.07 Å². The first-order valence-corrected chi connectivity index (χ1v) is 8.55. The molecule has 6 heteroatoms. The van der Waals surface area contributed by atoms with Crippen molar-refractivity contribution in [2.45, 2.75) is 18.3 Å². The van der Waals surface area contributed by atoms with Gasteiger partial charge in [-0.3, -0.25) is 4.79 Å². The van der Waals surface area contributed by atoms with Gasteiger partial charge in [0.2, 0.25) is 0 Å². The maximum Gasteiger partial charge on any atom is 0.264 e. The Morgan fingerprint density at radius 1 is 1.58 bits per heavy atom. The highest BCUT2D eigenvalue weighted by Crippen LogP contribution is 2.32. The molecule has 3 heterocycles. The van der Waals surface area contributed by atoms with Gasteiger partial charge in [-0.25, -0.2) is 0 Å². The molecule has 2 N–H and O–H groups in total. The minimum absolute atomic E-state index is 0.0113. The molecule has 0 aromatic carbocycles. The van der Waals surface area contributed by atoms with Crippen LogP contribution < -0.4 is 5.73 Å². The van der Waals surface area contributed by atoms with E-state index in [-0.39, 0.29) is 12.0 Å². The lowest BCUT2D eigenvalue weighted by molar-refractivity contribution is -0.0165. The van der Waals surface area contributed by atoms with E-state index in [9.17, 15) is 4.79 Å². The minimum atomic E-state index is -0.0113. The van der Waals surface area contributed by atoms with Crippen LogP contribution in [0.25, 0.3) is 0 Å². The third-order valence-electron chi connectivity index (χ3n) is 3.53. The second kappa shape index (κ2) is 5.83. The number of hydrogen-bond acceptors (Lipinski definition) is 5. The number of carbonyl (C=O) groups excluding carboxylic acids is 1. The monoisotopic (exact) mass is 298 g/mol. The number of thioether (sulfide) groups is 1. The molecule has 1 amide bonds. The van der Waals surface area contributed by atoms with Crippen molar-refractivity contribution >= 4 is 29.0 Å². The van der Waals surface area contributed by atoms with E-state index in [4.69, 9.17) is 10.5 Å². The Hall–Kier alpha value is -0.560. The second-order valence-corrected chi connectivity index (χ2v) is 7.08. The number of rotatable bonds is 2. The Morgan fingerprint density at radius 3 is 3.26 bits per heavy atom. The van der Waals surface area contributed by atoms with Gasteiger partial charge in [0.05, 0.1) is 17.6 Å². The lowest BCUT2D eigenvalue weighted by atomic mass is 10.2. The van der Waals surface area contributed by atoms with Crippen molar-refractivity contribution in [3.8, 4) is 0 Å². The molecule has 19 heavy (non-hydrogen) atoms. The van der Waals surface area contributed by atoms with Crippen LogP contribution in [0.15, 0.2) is 6.07 Å². The van der Waals surface area contributed by atoms with E-state index >= 15 is 0 Å². The van der Waals surface area contributed by atoms with E-state index in [1.807, 2.05) is 16.7 Å². The van der Waals surface area contributed by atoms with Gasteiger partial charge in [-0.2, -0.15) is 11.8 Å². The normalized spacial score (nSPS) is 23.2. The molecule has 2 aliphatic rings. The molecule has 1 atom stereocenters. The molecule has 3 rings (SSSR count). The number of nitrogens with zero attached hydrogens (tertiary/aromatic N) is 1. The number of morpholine rings is 1. The van der Waals surface area contributed by atoms with Crippen LogP contribution in [0.2, 0.25) is 0 Å². The van der Waals surface area contributed by atoms with E-state index in [1.54, 1.807) is 11.3 Å². The number of hydrogen-bond donors (Lipinski definition) is 1. The molecule has 0 spiro atoms. The first-order valence-electron chi connectivity index (χ1n) is 6.58. The summed E-state index contributed by atoms with van der Waals surface area (Å²) >= 11 is 3.62. The van der Waals surface area contributed by atoms with Crippen molar-refractivity contribution in [3.05, 3.63) is 21.4 Å². The van der Waals surface area contributed by atoms with Crippen molar-refractivity contribution in [1.82, 2.24) is 4.90 Å². The maximum atomic E-state index is 12.5. The quantitative estimate of drug-likeness (QED) is 0.895. The van der Waals surface area contributed by atoms with Gasteiger partial charge in [0, 0.05) is 30.3 Å². The Labute approximate surface area is 121 Å². The van der Waals surface area contributed by atoms with Crippen molar-refractivity contribution in [2.75, 3.05) is 32.0 Å². The summed E-state index contributed by atoms with van der Waals surface area (Å²) in [6, 6.07) is 2.08. The maximum absolute atomic E-state index is 12.5. The fourth-order valence-corrected chi connectivity index (χ4v) is 4.80. The zero-order valence-corrected chi connectivity index (χ0v) is 12.4. The molecule has 0 bridgehead atoms. The minimum Gasteiger partial charge on any atom is -0.373 e. The number of thiophene rings is 1. The molecule has 0 radical (unpaired) electrons. The number of amides is 1. The summed E-state index contributed by atoms with van der Waals surface area (Å²) in [5, 5.41) is 0. The lowest BCUT2D eigenvalue weighted by Gasteiger charge is -2.32. The Kier molecular flexibility index (Phi) is 4.12. The third-order valence-corrected chi connectivity index (χ3v) is 5.76. The predicted octanol–water partition coefficient (Wildman–Crippen LogP) is 1.34. The predicted molar refractivity (Wildman–Crippen MR) is 78.9 cm³/mol. The molecule has 104 valence electrons. The van der Waals surface area contributed by atoms with Crippen LogP contribution in [0, 0.1) is 0 Å². The molecule has 1 fully saturated rings. The smallest absolute Gasteiger partial charge is 0.264 e. The molecule has 0 saturated carbocycles. The first-order chi connectivity index (χ1) is 9.28. The van der Waals surface area contributed by atoms with Gasteiger partial charge in [0.15, 0.2) is 0 Å². The molecule has 4 nitrogen and oxygen atoms in total. The highest BCUT2D eigenvalue weighted by atomic mass is 32.2. The fraction of sp³-hybridized carbons (Fsp3) is 0.615. The topological polar surface area (TPSA) is 55.6 Å². The zero-order valence-electron chi connectivity index (χ0n) is 10.8. The third kappa shape index (κ3) is 2.81. The zero-order chi connectivity index (χ0) is 13.2. The average Bonchev–Trinajstić information content (AvgIpc) is 2.90. The van der Waals surface area contributed by atoms with Crippen LogP contribution in [-0.4, -0.2) is 48.9 Å². The molecule has 1 saturated heterocycles. The molecule has 1 aromatic rings. The van der Waals surface area contributed by atoms with Gasteiger partial charge in [0.25, 0.3) is 5.91 Å². The SMILES string of the molecule is NCC1CN(C(=O)c2cc3c(s2)CCSC3)CCO1. The van der Waals surface area contributed by atoms with Crippen molar-refractivity contribution in [3.63, 3.8) is 0 Å². The van der Waals surface area contributed by atoms with Gasteiger partial charge in [0.1, 0.15) is 0 Å². The van der Waals surface area contributed by atoms with E-state index in [0.29, 0.717) is 26.2 Å². The van der Waals surface area contributed by atoms with Gasteiger partial charge in [-0.05, 0) is 23.8 Å². The van der Waals surface area contributed by atoms with Crippen LogP contribution in [0.3, 0.4) is 0 Å². The molecule has 1 aromatic heterocycles. The number of aryl methyl sites for hydroxylation is 1. The van der Waals surface area contributed by atoms with Crippen LogP contribution in [-0.2, 0) is 16.9 Å². The van der Waals surface area contributed by atoms with Crippen LogP contribution in [0.5, 0.6) is 0 Å². The van der Waals surface area contributed by atoms with Crippen molar-refractivity contribution in [2.24, 2.45) is 5.73 Å². The van der Waals surface area contributed by atoms with E-state index in [1.165, 1.54) is 16.2 Å². The van der Waals surface area contributed by atoms with Gasteiger partial charge in [-0.1, -0.05) is 0 Å². The summed E-state index contributed by atoms with van der Waals surface area (Å²) in [5.74, 6) is 2.37. The number of carbonyl (C=O) groups is 1. The van der Waals surface area contributed by atoms with E-state index < -0.39 is 0 Å². The van der Waals surface area contributed by atoms with E-state index in [0.717, 1.165) is 17.1 Å². The fourth-order valence-electron chi connectivity index (χ4n) is 2.45. The van der Waals surface area contributed by atoms with Crippen LogP contribution in [0.4, 0.5) is 0 Å². The summed E-state index contributed by atoms with van der Waals surface area (Å²) in [4.78, 5) is 16.7. The number of fused-ring (bicyclic) bond motifs is 1. The summed E-state index contributed by atoms with van der Waals surface area (Å²) in [7, 11) is 0. The Balaban J connectivity index is 1.74. The van der Waals surface area contributed by atoms with Gasteiger partial charge in [-0.15, -0.1) is 11.3 Å². The standard InChI is InChI=1S/C13H18N2O2S2/c14-6-10-7-15(2-3-17-10)13(16)12-5-9-8-18-4-1-11(9)19-12/h5,10H,1-4,6-8,14H2. The average molecular weight is 298 g/mol. The summed E-state index contributed by atoms with van der Waals surface area (Å²) in [6.07, 6.45) is 1.09. The summed E-state index contributed by atoms with van der Waals surface area (Å²) in [5.41, 5.74) is 6.98. The number of nitrogens with two attached hydrogens (primary N) is 1. The lowest BCUT2D eigenvalue weighted by Crippen LogP contribution is -2.48. The Morgan fingerprint density at radius 2 is 2.47 bits per heavy atom. The van der Waals surface area contributed by atoms with Crippen molar-refractivity contribution < 1.29 is 9.53 Å². The molecule has 1 unspecified atom stereocenters. The van der Waals surface area contributed by atoms with Gasteiger partial charge < -0.3 is 15.4 Å². The molecular weight excluding hydrogens is 280 g/mol. The Bertz CT molecular complexity index is 452. The summed E-state index contributed by atoms with van der Waals surface area (Å²) in [6.45, 7) is 2.36. The van der Waals surface area contributed by atoms with Crippen molar-refractivity contribution in [1.29, 1.82) is 0 Å². The molecule has 0 aliphatic carbocycles. The largest absolute Gasteiger partial charge is 0.373 e. The highest BCUT2D eigenvalue weighted by Gasteiger charge is 2.26. The highest BCUT2D eigenvalue weighted by molar-refractivity contribution is 7.98. The second-order valence-electron chi connectivity index (χ2n) is 4.84. The van der Waals surface area contributed by atoms with Gasteiger partial charge >= 0.3 is 0 Å². The first kappa shape index (κ1) is 13.4. The molecular formula is C13H18N2O2S2. The number of ether oxygens (including phenoxy) is 1. The van der Waals surface area contributed by atoms with Crippen LogP contribution >= 0.6 is 23.1 Å². The molecule has 2 aliphatic heterocycles. The van der Waals surface area contributed by atoms with Crippen LogP contribution in [0.1, 0.15) is 20.1 Å². The summed E-state index contributed by atoms with van der Waals surface area (Å²) < 4.78 is 5.51.